The van der Waals surface area contributed by atoms with Gasteiger partial charge in [0, 0.05) is 12.7 Å². The maximum atomic E-state index is 11.2. The molecular formula is C12H16N2O4. The summed E-state index contributed by atoms with van der Waals surface area (Å²) < 4.78 is 9.73. The Balaban J connectivity index is 2.73. The lowest BCUT2D eigenvalue weighted by molar-refractivity contribution is 0.168. The van der Waals surface area contributed by atoms with Gasteiger partial charge in [0.25, 0.3) is 0 Å². The number of aryl methyl sites for hydroxylation is 1. The van der Waals surface area contributed by atoms with Gasteiger partial charge in [0.2, 0.25) is 0 Å². The molecule has 0 heterocycles. The molecule has 0 fully saturated rings. The van der Waals surface area contributed by atoms with Crippen molar-refractivity contribution in [1.29, 1.82) is 0 Å². The topological polar surface area (TPSA) is 76.7 Å². The number of rotatable bonds is 3. The van der Waals surface area contributed by atoms with E-state index in [4.69, 9.17) is 9.47 Å². The Morgan fingerprint density at radius 2 is 2.00 bits per heavy atom. The molecule has 2 N–H and O–H groups in total. The van der Waals surface area contributed by atoms with Crippen LogP contribution in [0.4, 0.5) is 15.3 Å². The highest BCUT2D eigenvalue weighted by Crippen LogP contribution is 2.21. The maximum absolute atomic E-state index is 11.2. The van der Waals surface area contributed by atoms with E-state index in [-0.39, 0.29) is 0 Å². The molecule has 0 aliphatic heterocycles. The third-order valence-corrected chi connectivity index (χ3v) is 2.12. The fourth-order valence-electron chi connectivity index (χ4n) is 1.28. The minimum absolute atomic E-state index is 0.308. The van der Waals surface area contributed by atoms with Gasteiger partial charge in [-0.05, 0) is 37.6 Å². The summed E-state index contributed by atoms with van der Waals surface area (Å²) in [5, 5.41) is 4.93. The van der Waals surface area contributed by atoms with Gasteiger partial charge in [0.05, 0.1) is 6.61 Å². The molecule has 0 saturated heterocycles. The van der Waals surface area contributed by atoms with Gasteiger partial charge >= 0.3 is 12.2 Å². The lowest BCUT2D eigenvalue weighted by Crippen LogP contribution is -2.22. The fourth-order valence-corrected chi connectivity index (χ4v) is 1.28. The zero-order chi connectivity index (χ0) is 13.5. The Hall–Kier alpha value is -2.24. The first-order valence-electron chi connectivity index (χ1n) is 5.50. The van der Waals surface area contributed by atoms with Gasteiger partial charge in [-0.3, -0.25) is 5.32 Å². The number of nitrogens with one attached hydrogen (secondary N) is 2. The number of hydrogen-bond donors (Lipinski definition) is 2. The number of benzene rings is 1. The van der Waals surface area contributed by atoms with Crippen LogP contribution in [0.5, 0.6) is 5.75 Å². The van der Waals surface area contributed by atoms with Crippen LogP contribution in [0.3, 0.4) is 0 Å². The minimum atomic E-state index is -0.541. The molecule has 98 valence electrons. The molecule has 0 saturated carbocycles. The van der Waals surface area contributed by atoms with Crippen molar-refractivity contribution in [1.82, 2.24) is 5.32 Å². The molecule has 1 rings (SSSR count). The number of carbonyl (C=O) groups is 2. The highest BCUT2D eigenvalue weighted by atomic mass is 16.6. The number of carbonyl (C=O) groups excluding carboxylic acids is 2. The van der Waals surface area contributed by atoms with Crippen LogP contribution in [0.2, 0.25) is 0 Å². The van der Waals surface area contributed by atoms with Gasteiger partial charge in [0.15, 0.2) is 0 Å². The number of anilines is 1. The van der Waals surface area contributed by atoms with E-state index in [1.54, 1.807) is 32.0 Å². The summed E-state index contributed by atoms with van der Waals surface area (Å²) in [4.78, 5) is 22.3. The van der Waals surface area contributed by atoms with Gasteiger partial charge in [0.1, 0.15) is 5.75 Å². The van der Waals surface area contributed by atoms with Crippen LogP contribution < -0.4 is 15.4 Å². The Bertz CT molecular complexity index is 446. The van der Waals surface area contributed by atoms with Gasteiger partial charge in [-0.2, -0.15) is 0 Å². The van der Waals surface area contributed by atoms with E-state index >= 15 is 0 Å². The van der Waals surface area contributed by atoms with Gasteiger partial charge in [-0.1, -0.05) is 0 Å². The normalized spacial score (nSPS) is 9.50. The van der Waals surface area contributed by atoms with E-state index in [9.17, 15) is 9.59 Å². The van der Waals surface area contributed by atoms with E-state index in [1.807, 2.05) is 0 Å². The number of amides is 2. The highest BCUT2D eigenvalue weighted by molar-refractivity contribution is 5.85. The Labute approximate surface area is 105 Å². The Morgan fingerprint density at radius 3 is 2.56 bits per heavy atom. The lowest BCUT2D eigenvalue weighted by Gasteiger charge is -2.10. The summed E-state index contributed by atoms with van der Waals surface area (Å²) in [5.41, 5.74) is 1.38. The van der Waals surface area contributed by atoms with Crippen molar-refractivity contribution in [3.05, 3.63) is 23.8 Å². The highest BCUT2D eigenvalue weighted by Gasteiger charge is 2.07. The SMILES string of the molecule is CCOC(=O)Nc1ccc(OC(=O)NC)cc1C. The molecule has 0 aliphatic rings. The lowest BCUT2D eigenvalue weighted by atomic mass is 10.2. The summed E-state index contributed by atoms with van der Waals surface area (Å²) in [6.45, 7) is 3.83. The van der Waals surface area contributed by atoms with Crippen molar-refractivity contribution in [2.75, 3.05) is 19.0 Å². The van der Waals surface area contributed by atoms with Crippen LogP contribution in [-0.4, -0.2) is 25.8 Å². The van der Waals surface area contributed by atoms with E-state index in [1.165, 1.54) is 7.05 Å². The summed E-state index contributed by atoms with van der Waals surface area (Å²) in [5.74, 6) is 0.404. The first kappa shape index (κ1) is 13.8. The fraction of sp³-hybridized carbons (Fsp3) is 0.333. The molecule has 0 unspecified atom stereocenters. The van der Waals surface area contributed by atoms with E-state index in [0.29, 0.717) is 18.0 Å². The predicted octanol–water partition coefficient (Wildman–Crippen LogP) is 2.28. The molecule has 6 nitrogen and oxygen atoms in total. The van der Waals surface area contributed by atoms with Crippen LogP contribution in [-0.2, 0) is 4.74 Å². The van der Waals surface area contributed by atoms with Crippen LogP contribution >= 0.6 is 0 Å². The average Bonchev–Trinajstić information content (AvgIpc) is 2.33. The first-order valence-corrected chi connectivity index (χ1v) is 5.50. The molecule has 1 aromatic rings. The Kier molecular flexibility index (Phi) is 4.98. The van der Waals surface area contributed by atoms with Gasteiger partial charge < -0.3 is 14.8 Å². The van der Waals surface area contributed by atoms with Gasteiger partial charge in [-0.25, -0.2) is 9.59 Å². The van der Waals surface area contributed by atoms with Crippen molar-refractivity contribution < 1.29 is 19.1 Å². The molecule has 2 amide bonds. The monoisotopic (exact) mass is 252 g/mol. The van der Waals surface area contributed by atoms with Crippen LogP contribution in [0.15, 0.2) is 18.2 Å². The molecule has 0 radical (unpaired) electrons. The Morgan fingerprint density at radius 1 is 1.28 bits per heavy atom. The molecule has 18 heavy (non-hydrogen) atoms. The van der Waals surface area contributed by atoms with Crippen LogP contribution in [0.25, 0.3) is 0 Å². The van der Waals surface area contributed by atoms with Gasteiger partial charge in [-0.15, -0.1) is 0 Å². The van der Waals surface area contributed by atoms with E-state index in [0.717, 1.165) is 5.56 Å². The first-order chi connectivity index (χ1) is 8.56. The zero-order valence-corrected chi connectivity index (χ0v) is 10.6. The summed E-state index contributed by atoms with van der Waals surface area (Å²) in [6.07, 6.45) is -1.05. The number of hydrogen-bond acceptors (Lipinski definition) is 4. The molecule has 1 aromatic carbocycles. The molecule has 0 bridgehead atoms. The third kappa shape index (κ3) is 3.97. The predicted molar refractivity (Wildman–Crippen MR) is 66.9 cm³/mol. The molecular weight excluding hydrogens is 236 g/mol. The van der Waals surface area contributed by atoms with Crippen molar-refractivity contribution in [2.45, 2.75) is 13.8 Å². The minimum Gasteiger partial charge on any atom is -0.450 e. The average molecular weight is 252 g/mol. The molecule has 6 heteroatoms. The van der Waals surface area contributed by atoms with E-state index in [2.05, 4.69) is 10.6 Å². The third-order valence-electron chi connectivity index (χ3n) is 2.12. The van der Waals surface area contributed by atoms with Crippen molar-refractivity contribution in [3.63, 3.8) is 0 Å². The van der Waals surface area contributed by atoms with Crippen molar-refractivity contribution in [2.24, 2.45) is 0 Å². The van der Waals surface area contributed by atoms with Crippen LogP contribution in [0.1, 0.15) is 12.5 Å². The van der Waals surface area contributed by atoms with E-state index < -0.39 is 12.2 Å². The molecule has 0 aromatic heterocycles. The summed E-state index contributed by atoms with van der Waals surface area (Å²) in [7, 11) is 1.48. The molecule has 0 spiro atoms. The van der Waals surface area contributed by atoms with Crippen molar-refractivity contribution >= 4 is 17.9 Å². The summed E-state index contributed by atoms with van der Waals surface area (Å²) >= 11 is 0. The second-order valence-corrected chi connectivity index (χ2v) is 3.46. The standard InChI is InChI=1S/C12H16N2O4/c1-4-17-12(16)14-10-6-5-9(7-8(10)2)18-11(15)13-3/h5-7H,4H2,1-3H3,(H,13,15)(H,14,16). The van der Waals surface area contributed by atoms with Crippen molar-refractivity contribution in [3.8, 4) is 5.75 Å². The second-order valence-electron chi connectivity index (χ2n) is 3.46. The molecule has 0 aliphatic carbocycles. The number of ether oxygens (including phenoxy) is 2. The largest absolute Gasteiger partial charge is 0.450 e. The maximum Gasteiger partial charge on any atom is 0.412 e. The quantitative estimate of drug-likeness (QED) is 0.865. The smallest absolute Gasteiger partial charge is 0.412 e. The summed E-state index contributed by atoms with van der Waals surface area (Å²) in [6, 6.07) is 4.88. The van der Waals surface area contributed by atoms with Crippen LogP contribution in [0, 0.1) is 6.92 Å². The second kappa shape index (κ2) is 6.48. The zero-order valence-electron chi connectivity index (χ0n) is 10.6. The molecule has 0 atom stereocenters.